The molecule has 0 saturated carbocycles. The third-order valence-electron chi connectivity index (χ3n) is 4.73. The largest absolute Gasteiger partial charge is 0.326 e. The molecule has 6 heteroatoms. The smallest absolute Gasteiger partial charge is 0.235 e. The van der Waals surface area contributed by atoms with Gasteiger partial charge < -0.3 is 5.32 Å². The van der Waals surface area contributed by atoms with Gasteiger partial charge in [-0.1, -0.05) is 18.2 Å². The Balaban J connectivity index is 1.60. The summed E-state index contributed by atoms with van der Waals surface area (Å²) in [5.41, 5.74) is 7.51. The molecule has 2 aliphatic heterocycles. The first-order chi connectivity index (χ1) is 11.1. The summed E-state index contributed by atoms with van der Waals surface area (Å²) in [4.78, 5) is 26.4. The van der Waals surface area contributed by atoms with Crippen LogP contribution in [0.4, 0.5) is 5.69 Å². The van der Waals surface area contributed by atoms with E-state index >= 15 is 0 Å². The van der Waals surface area contributed by atoms with Crippen molar-refractivity contribution < 1.29 is 9.59 Å². The number of hydrogen-bond donors (Lipinski definition) is 3. The van der Waals surface area contributed by atoms with E-state index in [0.29, 0.717) is 6.42 Å². The molecule has 6 nitrogen and oxygen atoms in total. The number of piperidine rings is 1. The fourth-order valence-electron chi connectivity index (χ4n) is 3.36. The number of hydrazine groups is 1. The lowest BCUT2D eigenvalue weighted by atomic mass is 9.94. The van der Waals surface area contributed by atoms with Gasteiger partial charge in [-0.3, -0.25) is 19.9 Å². The number of para-hydroxylation sites is 1. The number of anilines is 1. The third kappa shape index (κ3) is 3.89. The van der Waals surface area contributed by atoms with Crippen molar-refractivity contribution >= 4 is 17.5 Å². The van der Waals surface area contributed by atoms with Gasteiger partial charge in [0.2, 0.25) is 11.8 Å². The van der Waals surface area contributed by atoms with E-state index in [0.717, 1.165) is 43.7 Å². The van der Waals surface area contributed by atoms with E-state index in [1.54, 1.807) is 0 Å². The predicted molar refractivity (Wildman–Crippen MR) is 88.7 cm³/mol. The highest BCUT2D eigenvalue weighted by molar-refractivity contribution is 5.93. The van der Waals surface area contributed by atoms with Crippen LogP contribution in [0.15, 0.2) is 24.3 Å². The van der Waals surface area contributed by atoms with Crippen molar-refractivity contribution in [1.82, 2.24) is 15.8 Å². The van der Waals surface area contributed by atoms with E-state index in [-0.39, 0.29) is 23.8 Å². The number of carbonyl (C=O) groups is 2. The molecule has 2 heterocycles. The fourth-order valence-corrected chi connectivity index (χ4v) is 3.36. The Morgan fingerprint density at radius 3 is 2.96 bits per heavy atom. The van der Waals surface area contributed by atoms with Gasteiger partial charge in [0, 0.05) is 31.2 Å². The van der Waals surface area contributed by atoms with Gasteiger partial charge in [0.05, 0.1) is 5.92 Å². The summed E-state index contributed by atoms with van der Waals surface area (Å²) in [6, 6.07) is 8.01. The molecule has 3 rings (SSSR count). The van der Waals surface area contributed by atoms with Gasteiger partial charge in [0.15, 0.2) is 0 Å². The number of amides is 2. The van der Waals surface area contributed by atoms with Crippen molar-refractivity contribution in [3.8, 4) is 0 Å². The second kappa shape index (κ2) is 7.10. The van der Waals surface area contributed by atoms with Gasteiger partial charge in [0.1, 0.15) is 0 Å². The summed E-state index contributed by atoms with van der Waals surface area (Å²) in [6.45, 7) is 4.40. The molecule has 2 amide bonds. The Labute approximate surface area is 136 Å². The zero-order valence-corrected chi connectivity index (χ0v) is 13.5. The Bertz CT molecular complexity index is 590. The van der Waals surface area contributed by atoms with Gasteiger partial charge in [0.25, 0.3) is 0 Å². The summed E-state index contributed by atoms with van der Waals surface area (Å²) < 4.78 is 0. The molecule has 2 saturated heterocycles. The van der Waals surface area contributed by atoms with E-state index in [9.17, 15) is 9.59 Å². The number of hydrogen-bond acceptors (Lipinski definition) is 4. The Kier molecular flexibility index (Phi) is 4.93. The van der Waals surface area contributed by atoms with Crippen molar-refractivity contribution in [3.05, 3.63) is 29.8 Å². The first kappa shape index (κ1) is 16.0. The van der Waals surface area contributed by atoms with Crippen LogP contribution in [0.5, 0.6) is 0 Å². The van der Waals surface area contributed by atoms with Crippen LogP contribution >= 0.6 is 0 Å². The maximum atomic E-state index is 12.6. The number of likely N-dealkylation sites (tertiary alicyclic amines) is 1. The first-order valence-electron chi connectivity index (χ1n) is 8.26. The number of benzene rings is 1. The molecule has 2 fully saturated rings. The number of nitrogens with one attached hydrogen (secondary N) is 3. The normalized spacial score (nSPS) is 25.7. The molecule has 0 bridgehead atoms. The van der Waals surface area contributed by atoms with Crippen molar-refractivity contribution in [2.45, 2.75) is 32.2 Å². The monoisotopic (exact) mass is 316 g/mol. The van der Waals surface area contributed by atoms with Crippen molar-refractivity contribution in [2.24, 2.45) is 5.92 Å². The van der Waals surface area contributed by atoms with Crippen LogP contribution in [0.25, 0.3) is 0 Å². The number of aryl methyl sites for hydroxylation is 1. The Morgan fingerprint density at radius 1 is 1.35 bits per heavy atom. The lowest BCUT2D eigenvalue weighted by Crippen LogP contribution is -2.57. The van der Waals surface area contributed by atoms with Gasteiger partial charge >= 0.3 is 0 Å². The SMILES string of the molecule is Cc1ccccc1NC(=O)C1CCCN(C2CNNC(=O)C2)C1. The number of carbonyl (C=O) groups excluding carboxylic acids is 2. The van der Waals surface area contributed by atoms with E-state index in [1.165, 1.54) is 0 Å². The zero-order chi connectivity index (χ0) is 16.2. The van der Waals surface area contributed by atoms with Crippen LogP contribution in [0.3, 0.4) is 0 Å². The minimum Gasteiger partial charge on any atom is -0.326 e. The molecule has 1 aromatic carbocycles. The molecule has 2 aliphatic rings. The molecule has 2 atom stereocenters. The summed E-state index contributed by atoms with van der Waals surface area (Å²) in [5.74, 6) is 0.0818. The van der Waals surface area contributed by atoms with Crippen LogP contribution in [-0.2, 0) is 9.59 Å². The molecule has 0 aliphatic carbocycles. The Hall–Kier alpha value is -1.92. The third-order valence-corrected chi connectivity index (χ3v) is 4.73. The quantitative estimate of drug-likeness (QED) is 0.779. The molecule has 0 aromatic heterocycles. The Morgan fingerprint density at radius 2 is 2.17 bits per heavy atom. The van der Waals surface area contributed by atoms with Crippen molar-refractivity contribution in [2.75, 3.05) is 25.0 Å². The zero-order valence-electron chi connectivity index (χ0n) is 13.5. The maximum Gasteiger partial charge on any atom is 0.235 e. The molecule has 2 unspecified atom stereocenters. The lowest BCUT2D eigenvalue weighted by molar-refractivity contribution is -0.126. The van der Waals surface area contributed by atoms with Crippen molar-refractivity contribution in [3.63, 3.8) is 0 Å². The second-order valence-electron chi connectivity index (χ2n) is 6.43. The number of nitrogens with zero attached hydrogens (tertiary/aromatic N) is 1. The average molecular weight is 316 g/mol. The maximum absolute atomic E-state index is 12.6. The van der Waals surface area contributed by atoms with E-state index in [2.05, 4.69) is 21.1 Å². The number of rotatable bonds is 3. The second-order valence-corrected chi connectivity index (χ2v) is 6.43. The average Bonchev–Trinajstić information content (AvgIpc) is 2.57. The molecular weight excluding hydrogens is 292 g/mol. The van der Waals surface area contributed by atoms with Crippen molar-refractivity contribution in [1.29, 1.82) is 0 Å². The standard InChI is InChI=1S/C17H24N4O2/c1-12-5-2-3-7-15(12)19-17(23)13-6-4-8-21(11-13)14-9-16(22)20-18-10-14/h2-3,5,7,13-14,18H,4,6,8-11H2,1H3,(H,19,23)(H,20,22). The van der Waals surface area contributed by atoms with Crippen LogP contribution in [0.1, 0.15) is 24.8 Å². The van der Waals surface area contributed by atoms with Gasteiger partial charge in [-0.25, -0.2) is 5.43 Å². The van der Waals surface area contributed by atoms with E-state index in [1.807, 2.05) is 31.2 Å². The molecule has 3 N–H and O–H groups in total. The highest BCUT2D eigenvalue weighted by Crippen LogP contribution is 2.22. The molecule has 1 aromatic rings. The van der Waals surface area contributed by atoms with E-state index in [4.69, 9.17) is 0 Å². The first-order valence-corrected chi connectivity index (χ1v) is 8.26. The molecular formula is C17H24N4O2. The summed E-state index contributed by atoms with van der Waals surface area (Å²) >= 11 is 0. The van der Waals surface area contributed by atoms with Gasteiger partial charge in [-0.15, -0.1) is 0 Å². The topological polar surface area (TPSA) is 73.5 Å². The molecule has 23 heavy (non-hydrogen) atoms. The summed E-state index contributed by atoms with van der Waals surface area (Å²) in [6.07, 6.45) is 2.39. The summed E-state index contributed by atoms with van der Waals surface area (Å²) in [5, 5.41) is 3.05. The van der Waals surface area contributed by atoms with E-state index < -0.39 is 0 Å². The minimum atomic E-state index is -0.0201. The minimum absolute atomic E-state index is 0.0201. The lowest BCUT2D eigenvalue weighted by Gasteiger charge is -2.39. The highest BCUT2D eigenvalue weighted by Gasteiger charge is 2.32. The molecule has 124 valence electrons. The highest BCUT2D eigenvalue weighted by atomic mass is 16.2. The fraction of sp³-hybridized carbons (Fsp3) is 0.529. The van der Waals surface area contributed by atoms with Crippen LogP contribution in [-0.4, -0.2) is 42.4 Å². The van der Waals surface area contributed by atoms with Crippen LogP contribution < -0.4 is 16.2 Å². The molecule has 0 spiro atoms. The predicted octanol–water partition coefficient (Wildman–Crippen LogP) is 1.04. The van der Waals surface area contributed by atoms with Gasteiger partial charge in [-0.05, 0) is 37.9 Å². The van der Waals surface area contributed by atoms with Crippen LogP contribution in [0.2, 0.25) is 0 Å². The summed E-state index contributed by atoms with van der Waals surface area (Å²) in [7, 11) is 0. The van der Waals surface area contributed by atoms with Crippen LogP contribution in [0, 0.1) is 12.8 Å². The van der Waals surface area contributed by atoms with Gasteiger partial charge in [-0.2, -0.15) is 0 Å². The molecule has 0 radical (unpaired) electrons.